The van der Waals surface area contributed by atoms with E-state index in [-0.39, 0.29) is 17.8 Å². The monoisotopic (exact) mass is 124 g/mol. The molecule has 3 fully saturated rings. The summed E-state index contributed by atoms with van der Waals surface area (Å²) in [5.41, 5.74) is 0. The van der Waals surface area contributed by atoms with E-state index in [1.54, 1.807) is 0 Å². The van der Waals surface area contributed by atoms with Gasteiger partial charge in [-0.25, -0.2) is 0 Å². The minimum absolute atomic E-state index is 0.109. The van der Waals surface area contributed by atoms with E-state index in [9.17, 15) is 9.59 Å². The predicted octanol–water partition coefficient (Wildman–Crippen LogP) is 0.410. The first kappa shape index (κ1) is 5.15. The molecule has 0 heterocycles. The molecule has 0 radical (unpaired) electrons. The molecule has 0 N–H and O–H groups in total. The zero-order valence-electron chi connectivity index (χ0n) is 5.04. The Bertz CT molecular complexity index is 160. The van der Waals surface area contributed by atoms with E-state index in [0.29, 0.717) is 5.78 Å². The number of Topliss-reactive ketones (excluding diaryl/α,β-unsaturated/α-hetero) is 1. The number of hydrogen-bond acceptors (Lipinski definition) is 2. The highest BCUT2D eigenvalue weighted by atomic mass is 16.1. The Morgan fingerprint density at radius 2 is 1.89 bits per heavy atom. The maximum Gasteiger partial charge on any atom is 0.140 e. The van der Waals surface area contributed by atoms with Crippen molar-refractivity contribution in [3.8, 4) is 0 Å². The molecular weight excluding hydrogens is 116 g/mol. The van der Waals surface area contributed by atoms with Gasteiger partial charge in [-0.1, -0.05) is 0 Å². The highest BCUT2D eigenvalue weighted by Gasteiger charge is 2.54. The lowest BCUT2D eigenvalue weighted by Gasteiger charge is -2.28. The Morgan fingerprint density at radius 3 is 2.11 bits per heavy atom. The van der Waals surface area contributed by atoms with E-state index >= 15 is 0 Å². The molecule has 3 saturated carbocycles. The van der Waals surface area contributed by atoms with Crippen molar-refractivity contribution in [1.29, 1.82) is 0 Å². The van der Waals surface area contributed by atoms with E-state index in [1.165, 1.54) is 0 Å². The van der Waals surface area contributed by atoms with Crippen molar-refractivity contribution < 1.29 is 9.59 Å². The number of hydrogen-bond donors (Lipinski definition) is 0. The highest BCUT2D eigenvalue weighted by Crippen LogP contribution is 2.49. The molecule has 0 aromatic carbocycles. The lowest BCUT2D eigenvalue weighted by atomic mass is 9.72. The summed E-state index contributed by atoms with van der Waals surface area (Å²) in [7, 11) is 0. The van der Waals surface area contributed by atoms with Crippen LogP contribution in [-0.2, 0) is 9.59 Å². The van der Waals surface area contributed by atoms with Crippen LogP contribution in [0.25, 0.3) is 0 Å². The van der Waals surface area contributed by atoms with Gasteiger partial charge >= 0.3 is 0 Å². The molecule has 48 valence electrons. The second-order valence-corrected chi connectivity index (χ2v) is 2.91. The molecule has 3 aliphatic carbocycles. The van der Waals surface area contributed by atoms with Gasteiger partial charge in [0.25, 0.3) is 0 Å². The number of rotatable bonds is 1. The fraction of sp³-hybridized carbons (Fsp3) is 0.714. The first-order valence-corrected chi connectivity index (χ1v) is 3.33. The van der Waals surface area contributed by atoms with Gasteiger partial charge in [-0.3, -0.25) is 4.79 Å². The molecule has 0 aromatic heterocycles. The maximum atomic E-state index is 10.8. The van der Waals surface area contributed by atoms with Gasteiger partial charge in [0, 0.05) is 17.8 Å². The van der Waals surface area contributed by atoms with Crippen molar-refractivity contribution >= 4 is 12.1 Å². The minimum atomic E-state index is 0.109. The molecule has 0 spiro atoms. The lowest BCUT2D eigenvalue weighted by Crippen LogP contribution is -2.40. The van der Waals surface area contributed by atoms with Gasteiger partial charge in [-0.15, -0.1) is 0 Å². The molecule has 2 heteroatoms. The van der Waals surface area contributed by atoms with E-state index < -0.39 is 0 Å². The van der Waals surface area contributed by atoms with Crippen molar-refractivity contribution in [2.45, 2.75) is 12.8 Å². The molecule has 0 saturated heterocycles. The number of carbonyl (C=O) groups excluding carboxylic acids is 2. The third-order valence-electron chi connectivity index (χ3n) is 2.61. The van der Waals surface area contributed by atoms with Gasteiger partial charge in [0.1, 0.15) is 12.1 Å². The summed E-state index contributed by atoms with van der Waals surface area (Å²) in [5.74, 6) is 0.713. The van der Waals surface area contributed by atoms with Crippen LogP contribution >= 0.6 is 0 Å². The SMILES string of the molecule is O=CC1C2CCC1C2=O. The van der Waals surface area contributed by atoms with E-state index in [1.807, 2.05) is 0 Å². The van der Waals surface area contributed by atoms with Crippen LogP contribution in [-0.4, -0.2) is 12.1 Å². The third-order valence-corrected chi connectivity index (χ3v) is 2.61. The van der Waals surface area contributed by atoms with Crippen molar-refractivity contribution in [2.24, 2.45) is 17.8 Å². The first-order chi connectivity index (χ1) is 4.34. The third kappa shape index (κ3) is 0.419. The molecule has 0 aliphatic heterocycles. The number of carbonyl (C=O) groups is 2. The number of fused-ring (bicyclic) bond motifs is 1. The van der Waals surface area contributed by atoms with Crippen molar-refractivity contribution in [1.82, 2.24) is 0 Å². The lowest BCUT2D eigenvalue weighted by molar-refractivity contribution is -0.140. The molecule has 9 heavy (non-hydrogen) atoms. The molecule has 2 bridgehead atoms. The molecule has 2 atom stereocenters. The topological polar surface area (TPSA) is 34.1 Å². The van der Waals surface area contributed by atoms with Gasteiger partial charge in [0.2, 0.25) is 0 Å². The van der Waals surface area contributed by atoms with Crippen LogP contribution in [0.4, 0.5) is 0 Å². The largest absolute Gasteiger partial charge is 0.303 e. The van der Waals surface area contributed by atoms with Crippen LogP contribution in [0.15, 0.2) is 0 Å². The highest BCUT2D eigenvalue weighted by molar-refractivity contribution is 5.97. The average molecular weight is 124 g/mol. The summed E-state index contributed by atoms with van der Waals surface area (Å²) in [6.07, 6.45) is 2.88. The van der Waals surface area contributed by atoms with Gasteiger partial charge < -0.3 is 4.79 Å². The van der Waals surface area contributed by atoms with Crippen molar-refractivity contribution in [3.05, 3.63) is 0 Å². The van der Waals surface area contributed by atoms with Crippen LogP contribution in [0.3, 0.4) is 0 Å². The Kier molecular flexibility index (Phi) is 0.821. The molecule has 2 nitrogen and oxygen atoms in total. The number of ketones is 1. The normalized spacial score (nSPS) is 46.7. The second kappa shape index (κ2) is 1.43. The van der Waals surface area contributed by atoms with Gasteiger partial charge in [0.15, 0.2) is 0 Å². The van der Waals surface area contributed by atoms with Crippen LogP contribution in [0.1, 0.15) is 12.8 Å². The Hall–Kier alpha value is -0.660. The summed E-state index contributed by atoms with van der Waals surface area (Å²) < 4.78 is 0. The average Bonchev–Trinajstić information content (AvgIpc) is 2.41. The van der Waals surface area contributed by atoms with Crippen LogP contribution in [0, 0.1) is 17.8 Å². The minimum Gasteiger partial charge on any atom is -0.303 e. The van der Waals surface area contributed by atoms with E-state index in [0.717, 1.165) is 19.1 Å². The molecule has 0 aromatic rings. The van der Waals surface area contributed by atoms with Crippen molar-refractivity contribution in [2.75, 3.05) is 0 Å². The van der Waals surface area contributed by atoms with Crippen molar-refractivity contribution in [3.63, 3.8) is 0 Å². The van der Waals surface area contributed by atoms with Crippen LogP contribution in [0.5, 0.6) is 0 Å². The summed E-state index contributed by atoms with van der Waals surface area (Å²) >= 11 is 0. The second-order valence-electron chi connectivity index (χ2n) is 2.91. The summed E-state index contributed by atoms with van der Waals surface area (Å²) in [6.45, 7) is 0. The Balaban J connectivity index is 2.22. The fourth-order valence-corrected chi connectivity index (χ4v) is 2.03. The fourth-order valence-electron chi connectivity index (χ4n) is 2.03. The Morgan fingerprint density at radius 1 is 1.33 bits per heavy atom. The molecule has 0 amide bonds. The summed E-state index contributed by atoms with van der Waals surface area (Å²) in [5, 5.41) is 0. The summed E-state index contributed by atoms with van der Waals surface area (Å²) in [6, 6.07) is 0. The smallest absolute Gasteiger partial charge is 0.140 e. The van der Waals surface area contributed by atoms with Gasteiger partial charge in [-0.2, -0.15) is 0 Å². The molecular formula is C7H8O2. The quantitative estimate of drug-likeness (QED) is 0.474. The molecule has 3 rings (SSSR count). The van der Waals surface area contributed by atoms with Crippen LogP contribution in [0.2, 0.25) is 0 Å². The standard InChI is InChI=1S/C7H8O2/c8-3-6-4-1-2-5(6)7(4)9/h3-6H,1-2H2. The van der Waals surface area contributed by atoms with Crippen LogP contribution < -0.4 is 0 Å². The van der Waals surface area contributed by atoms with Gasteiger partial charge in [-0.05, 0) is 12.8 Å². The predicted molar refractivity (Wildman–Crippen MR) is 30.8 cm³/mol. The molecule has 3 aliphatic rings. The maximum absolute atomic E-state index is 10.8. The van der Waals surface area contributed by atoms with E-state index in [2.05, 4.69) is 0 Å². The zero-order valence-corrected chi connectivity index (χ0v) is 5.04. The van der Waals surface area contributed by atoms with Gasteiger partial charge in [0.05, 0.1) is 0 Å². The molecule has 2 unspecified atom stereocenters. The number of aldehydes is 1. The first-order valence-electron chi connectivity index (χ1n) is 3.33. The van der Waals surface area contributed by atoms with E-state index in [4.69, 9.17) is 0 Å². The summed E-state index contributed by atoms with van der Waals surface area (Å²) in [4.78, 5) is 21.1. The Labute approximate surface area is 53.2 Å². The zero-order chi connectivity index (χ0) is 6.43.